The number of hydrogen-bond donors (Lipinski definition) is 0. The van der Waals surface area contributed by atoms with Crippen LogP contribution in [-0.4, -0.2) is 24.9 Å². The highest BCUT2D eigenvalue weighted by Gasteiger charge is 2.08. The maximum Gasteiger partial charge on any atom is 0.160 e. The number of rotatable bonds is 2. The van der Waals surface area contributed by atoms with E-state index >= 15 is 0 Å². The van der Waals surface area contributed by atoms with Gasteiger partial charge in [-0.15, -0.1) is 0 Å². The molecule has 30 heavy (non-hydrogen) atoms. The van der Waals surface area contributed by atoms with Gasteiger partial charge in [-0.2, -0.15) is 0 Å². The van der Waals surface area contributed by atoms with E-state index in [9.17, 15) is 0 Å². The topological polar surface area (TPSA) is 64.5 Å². The molecule has 0 saturated heterocycles. The highest BCUT2D eigenvalue weighted by Crippen LogP contribution is 2.25. The van der Waals surface area contributed by atoms with Crippen molar-refractivity contribution in [1.29, 1.82) is 0 Å². The molecule has 0 N–H and O–H groups in total. The van der Waals surface area contributed by atoms with Crippen molar-refractivity contribution in [2.24, 2.45) is 0 Å². The summed E-state index contributed by atoms with van der Waals surface area (Å²) in [5, 5.41) is 2.10. The summed E-state index contributed by atoms with van der Waals surface area (Å²) >= 11 is 0. The third-order valence-corrected chi connectivity index (χ3v) is 5.17. The van der Waals surface area contributed by atoms with Crippen LogP contribution in [-0.2, 0) is 0 Å². The quantitative estimate of drug-likeness (QED) is 0.396. The lowest BCUT2D eigenvalue weighted by molar-refractivity contribution is 1.25. The molecule has 0 aliphatic rings. The van der Waals surface area contributed by atoms with E-state index in [0.717, 1.165) is 50.0 Å². The van der Waals surface area contributed by atoms with E-state index in [1.807, 2.05) is 48.5 Å². The van der Waals surface area contributed by atoms with Crippen LogP contribution >= 0.6 is 0 Å². The Labute approximate surface area is 172 Å². The van der Waals surface area contributed by atoms with Crippen molar-refractivity contribution in [3.8, 4) is 22.6 Å². The van der Waals surface area contributed by atoms with Gasteiger partial charge in [0, 0.05) is 28.7 Å². The second-order valence-electron chi connectivity index (χ2n) is 7.09. The zero-order valence-electron chi connectivity index (χ0n) is 15.9. The van der Waals surface area contributed by atoms with Gasteiger partial charge in [-0.1, -0.05) is 18.2 Å². The molecule has 6 aromatic rings. The summed E-state index contributed by atoms with van der Waals surface area (Å²) in [6, 6.07) is 26.0. The van der Waals surface area contributed by atoms with Gasteiger partial charge in [0.05, 0.1) is 33.6 Å². The van der Waals surface area contributed by atoms with Crippen LogP contribution in [0.3, 0.4) is 0 Å². The predicted octanol–water partition coefficient (Wildman–Crippen LogP) is 5.46. The molecule has 0 unspecified atom stereocenters. The van der Waals surface area contributed by atoms with Gasteiger partial charge in [-0.05, 0) is 60.7 Å². The van der Waals surface area contributed by atoms with E-state index in [2.05, 4.69) is 40.3 Å². The molecule has 0 atom stereocenters. The van der Waals surface area contributed by atoms with Crippen molar-refractivity contribution in [2.75, 3.05) is 0 Å². The Balaban J connectivity index is 1.46. The zero-order chi connectivity index (χ0) is 19.9. The second-order valence-corrected chi connectivity index (χ2v) is 7.09. The van der Waals surface area contributed by atoms with Gasteiger partial charge >= 0.3 is 0 Å². The number of hydrogen-bond acceptors (Lipinski definition) is 5. The fourth-order valence-corrected chi connectivity index (χ4v) is 3.63. The fourth-order valence-electron chi connectivity index (χ4n) is 3.63. The van der Waals surface area contributed by atoms with Crippen LogP contribution in [0.4, 0.5) is 0 Å². The number of pyridine rings is 5. The van der Waals surface area contributed by atoms with Crippen LogP contribution in [0.15, 0.2) is 91.3 Å². The first kappa shape index (κ1) is 16.7. The van der Waals surface area contributed by atoms with E-state index in [0.29, 0.717) is 5.65 Å². The Morgan fingerprint density at radius 1 is 0.467 bits per heavy atom. The Bertz CT molecular complexity index is 1440. The normalized spacial score (nSPS) is 11.3. The number of nitrogens with zero attached hydrogens (tertiary/aromatic N) is 5. The van der Waals surface area contributed by atoms with Crippen LogP contribution < -0.4 is 0 Å². The third-order valence-electron chi connectivity index (χ3n) is 5.17. The van der Waals surface area contributed by atoms with Gasteiger partial charge in [-0.3, -0.25) is 9.97 Å². The maximum absolute atomic E-state index is 4.82. The van der Waals surface area contributed by atoms with E-state index in [-0.39, 0.29) is 0 Å². The summed E-state index contributed by atoms with van der Waals surface area (Å²) in [7, 11) is 0. The molecule has 5 aromatic heterocycles. The largest absolute Gasteiger partial charge is 0.256 e. The van der Waals surface area contributed by atoms with Crippen LogP contribution in [0, 0.1) is 0 Å². The summed E-state index contributed by atoms with van der Waals surface area (Å²) in [6.07, 6.45) is 3.57. The number of benzene rings is 1. The minimum Gasteiger partial charge on any atom is -0.256 e. The molecule has 5 nitrogen and oxygen atoms in total. The van der Waals surface area contributed by atoms with Crippen molar-refractivity contribution in [1.82, 2.24) is 24.9 Å². The summed E-state index contributed by atoms with van der Waals surface area (Å²) in [5.74, 6) is 0. The smallest absolute Gasteiger partial charge is 0.160 e. The molecule has 0 saturated carbocycles. The minimum absolute atomic E-state index is 0.694. The standard InChI is InChI=1S/C25H15N5/c1-3-16-5-6-18(15-24(16)27-13-1)19-9-7-17-8-10-23(30-25(17)29-19)22-12-11-20-21(28-22)4-2-14-26-20/h1-15H. The first-order chi connectivity index (χ1) is 14.8. The highest BCUT2D eigenvalue weighted by atomic mass is 14.9. The average molecular weight is 385 g/mol. The predicted molar refractivity (Wildman–Crippen MR) is 119 cm³/mol. The first-order valence-corrected chi connectivity index (χ1v) is 9.69. The molecule has 0 amide bonds. The number of aromatic nitrogens is 5. The van der Waals surface area contributed by atoms with Crippen molar-refractivity contribution in [3.05, 3.63) is 91.3 Å². The van der Waals surface area contributed by atoms with Crippen molar-refractivity contribution < 1.29 is 0 Å². The van der Waals surface area contributed by atoms with E-state index in [4.69, 9.17) is 15.0 Å². The fraction of sp³-hybridized carbons (Fsp3) is 0. The molecule has 140 valence electrons. The molecular formula is C25H15N5. The minimum atomic E-state index is 0.694. The molecule has 0 fully saturated rings. The van der Waals surface area contributed by atoms with Crippen molar-refractivity contribution in [3.63, 3.8) is 0 Å². The summed E-state index contributed by atoms with van der Waals surface area (Å²) in [6.45, 7) is 0. The Morgan fingerprint density at radius 3 is 2.10 bits per heavy atom. The Morgan fingerprint density at radius 2 is 1.17 bits per heavy atom. The Hall–Kier alpha value is -4.25. The van der Waals surface area contributed by atoms with Gasteiger partial charge in [0.25, 0.3) is 0 Å². The van der Waals surface area contributed by atoms with Crippen molar-refractivity contribution >= 4 is 33.0 Å². The van der Waals surface area contributed by atoms with Crippen LogP contribution in [0.2, 0.25) is 0 Å². The molecule has 0 bridgehead atoms. The van der Waals surface area contributed by atoms with Gasteiger partial charge in [-0.25, -0.2) is 15.0 Å². The highest BCUT2D eigenvalue weighted by molar-refractivity contribution is 5.86. The summed E-state index contributed by atoms with van der Waals surface area (Å²) < 4.78 is 0. The summed E-state index contributed by atoms with van der Waals surface area (Å²) in [5.41, 5.74) is 6.85. The van der Waals surface area contributed by atoms with E-state index in [1.165, 1.54) is 0 Å². The Kier molecular flexibility index (Phi) is 3.71. The molecule has 0 spiro atoms. The van der Waals surface area contributed by atoms with Gasteiger partial charge in [0.2, 0.25) is 0 Å². The maximum atomic E-state index is 4.82. The third kappa shape index (κ3) is 2.84. The summed E-state index contributed by atoms with van der Waals surface area (Å²) in [4.78, 5) is 23.1. The molecule has 5 heteroatoms. The molecule has 1 aromatic carbocycles. The van der Waals surface area contributed by atoms with E-state index in [1.54, 1.807) is 12.4 Å². The zero-order valence-corrected chi connectivity index (χ0v) is 15.9. The molecule has 0 radical (unpaired) electrons. The van der Waals surface area contributed by atoms with Gasteiger partial charge in [0.1, 0.15) is 0 Å². The van der Waals surface area contributed by atoms with E-state index < -0.39 is 0 Å². The van der Waals surface area contributed by atoms with Gasteiger partial charge in [0.15, 0.2) is 5.65 Å². The molecular weight excluding hydrogens is 370 g/mol. The lowest BCUT2D eigenvalue weighted by Crippen LogP contribution is -1.93. The van der Waals surface area contributed by atoms with Crippen molar-refractivity contribution in [2.45, 2.75) is 0 Å². The number of fused-ring (bicyclic) bond motifs is 3. The molecule has 6 rings (SSSR count). The van der Waals surface area contributed by atoms with Crippen LogP contribution in [0.5, 0.6) is 0 Å². The van der Waals surface area contributed by atoms with Crippen LogP contribution in [0.1, 0.15) is 0 Å². The SMILES string of the molecule is c1cnc2cc(-c3ccc4ccc(-c5ccc6ncccc6n5)nc4n3)ccc2c1. The first-order valence-electron chi connectivity index (χ1n) is 9.69. The van der Waals surface area contributed by atoms with Crippen LogP contribution in [0.25, 0.3) is 55.6 Å². The molecule has 0 aliphatic carbocycles. The lowest BCUT2D eigenvalue weighted by atomic mass is 10.1. The van der Waals surface area contributed by atoms with Gasteiger partial charge < -0.3 is 0 Å². The lowest BCUT2D eigenvalue weighted by Gasteiger charge is -2.06. The average Bonchev–Trinajstić information content (AvgIpc) is 2.82. The molecule has 5 heterocycles. The second kappa shape index (κ2) is 6.67. The molecule has 0 aliphatic heterocycles. The monoisotopic (exact) mass is 385 g/mol.